The van der Waals surface area contributed by atoms with Crippen LogP contribution in [0.5, 0.6) is 5.75 Å². The normalized spacial score (nSPS) is 15.3. The molecular weight excluding hydrogens is 322 g/mol. The van der Waals surface area contributed by atoms with Crippen molar-refractivity contribution in [2.45, 2.75) is 23.6 Å². The fourth-order valence-electron chi connectivity index (χ4n) is 2.66. The first kappa shape index (κ1) is 15.3. The van der Waals surface area contributed by atoms with E-state index in [0.29, 0.717) is 11.7 Å². The third-order valence-corrected chi connectivity index (χ3v) is 6.16. The lowest BCUT2D eigenvalue weighted by atomic mass is 10.0. The highest BCUT2D eigenvalue weighted by molar-refractivity contribution is 7.91. The van der Waals surface area contributed by atoms with Crippen molar-refractivity contribution in [3.63, 3.8) is 0 Å². The Morgan fingerprint density at radius 1 is 1.41 bits per heavy atom. The summed E-state index contributed by atoms with van der Waals surface area (Å²) in [5, 5.41) is 5.83. The zero-order chi connectivity index (χ0) is 15.7. The minimum atomic E-state index is -3.69. The van der Waals surface area contributed by atoms with E-state index < -0.39 is 10.0 Å². The molecule has 2 heterocycles. The van der Waals surface area contributed by atoms with Crippen LogP contribution in [0.4, 0.5) is 5.13 Å². The summed E-state index contributed by atoms with van der Waals surface area (Å²) < 4.78 is 28.3. The molecule has 8 heteroatoms. The van der Waals surface area contributed by atoms with Gasteiger partial charge in [0.1, 0.15) is 5.75 Å². The highest BCUT2D eigenvalue weighted by Crippen LogP contribution is 2.32. The molecule has 1 aromatic carbocycles. The van der Waals surface area contributed by atoms with Crippen molar-refractivity contribution in [1.82, 2.24) is 4.98 Å². The maximum atomic E-state index is 11.4. The van der Waals surface area contributed by atoms with E-state index in [-0.39, 0.29) is 4.21 Å². The quantitative estimate of drug-likeness (QED) is 0.921. The Labute approximate surface area is 133 Å². The molecule has 0 unspecified atom stereocenters. The van der Waals surface area contributed by atoms with E-state index in [4.69, 9.17) is 9.88 Å². The number of thiazole rings is 1. The van der Waals surface area contributed by atoms with Gasteiger partial charge in [0.2, 0.25) is 10.0 Å². The number of hydrogen-bond acceptors (Lipinski definition) is 6. The molecule has 1 aliphatic heterocycles. The number of sulfonamides is 1. The molecule has 0 saturated carbocycles. The van der Waals surface area contributed by atoms with Crippen LogP contribution in [0.15, 0.2) is 28.6 Å². The highest BCUT2D eigenvalue weighted by atomic mass is 32.2. The van der Waals surface area contributed by atoms with Crippen molar-refractivity contribution < 1.29 is 13.2 Å². The van der Waals surface area contributed by atoms with Gasteiger partial charge in [0.25, 0.3) is 0 Å². The lowest BCUT2D eigenvalue weighted by Gasteiger charge is -2.19. The molecule has 1 aromatic heterocycles. The maximum Gasteiger partial charge on any atom is 0.249 e. The average molecular weight is 339 g/mol. The molecule has 0 atom stereocenters. The molecule has 6 nitrogen and oxygen atoms in total. The van der Waals surface area contributed by atoms with Crippen LogP contribution in [0.25, 0.3) is 0 Å². The van der Waals surface area contributed by atoms with Crippen molar-refractivity contribution in [3.8, 4) is 5.75 Å². The fourth-order valence-corrected chi connectivity index (χ4v) is 4.22. The predicted octanol–water partition coefficient (Wildman–Crippen LogP) is 1.75. The molecule has 0 fully saturated rings. The van der Waals surface area contributed by atoms with Crippen LogP contribution in [0.2, 0.25) is 0 Å². The van der Waals surface area contributed by atoms with Gasteiger partial charge in [-0.1, -0.05) is 23.5 Å². The van der Waals surface area contributed by atoms with Crippen molar-refractivity contribution in [3.05, 3.63) is 35.5 Å². The summed E-state index contributed by atoms with van der Waals surface area (Å²) in [6.45, 7) is 1.50. The third kappa shape index (κ3) is 2.94. The summed E-state index contributed by atoms with van der Waals surface area (Å²) in [5.74, 6) is 0.906. The number of hydrogen-bond donors (Lipinski definition) is 1. The molecule has 2 aromatic rings. The van der Waals surface area contributed by atoms with E-state index in [1.807, 2.05) is 12.1 Å². The maximum absolute atomic E-state index is 11.4. The molecule has 0 aliphatic carbocycles. The number of fused-ring (bicyclic) bond motifs is 1. The van der Waals surface area contributed by atoms with Crippen LogP contribution < -0.4 is 14.8 Å². The number of benzene rings is 1. The number of anilines is 1. The van der Waals surface area contributed by atoms with Crippen molar-refractivity contribution in [2.75, 3.05) is 18.6 Å². The highest BCUT2D eigenvalue weighted by Gasteiger charge is 2.21. The number of primary sulfonamides is 1. The average Bonchev–Trinajstić information content (AvgIpc) is 2.88. The lowest BCUT2D eigenvalue weighted by Crippen LogP contribution is -2.22. The number of ether oxygens (including phenoxy) is 1. The Balaban J connectivity index is 1.92. The fraction of sp³-hybridized carbons (Fsp3) is 0.357. The smallest absolute Gasteiger partial charge is 0.249 e. The van der Waals surface area contributed by atoms with Gasteiger partial charge in [-0.15, -0.1) is 0 Å². The second kappa shape index (κ2) is 5.86. The number of methoxy groups -OCH3 is 1. The van der Waals surface area contributed by atoms with Gasteiger partial charge >= 0.3 is 0 Å². The Kier molecular flexibility index (Phi) is 4.07. The van der Waals surface area contributed by atoms with Crippen LogP contribution >= 0.6 is 11.3 Å². The Morgan fingerprint density at radius 3 is 2.91 bits per heavy atom. The monoisotopic (exact) mass is 339 g/mol. The second-order valence-electron chi connectivity index (χ2n) is 5.13. The first-order valence-corrected chi connectivity index (χ1v) is 9.23. The summed E-state index contributed by atoms with van der Waals surface area (Å²) >= 11 is 1.11. The van der Waals surface area contributed by atoms with Gasteiger partial charge in [-0.3, -0.25) is 0 Å². The van der Waals surface area contributed by atoms with E-state index in [9.17, 15) is 8.42 Å². The van der Waals surface area contributed by atoms with E-state index in [1.165, 1.54) is 17.3 Å². The van der Waals surface area contributed by atoms with Gasteiger partial charge < -0.3 is 9.64 Å². The molecule has 3 rings (SSSR count). The predicted molar refractivity (Wildman–Crippen MR) is 85.9 cm³/mol. The molecule has 2 N–H and O–H groups in total. The zero-order valence-electron chi connectivity index (χ0n) is 12.2. The van der Waals surface area contributed by atoms with Gasteiger partial charge in [-0.2, -0.15) is 0 Å². The molecule has 0 saturated heterocycles. The van der Waals surface area contributed by atoms with Gasteiger partial charge in [-0.25, -0.2) is 18.5 Å². The summed E-state index contributed by atoms with van der Waals surface area (Å²) in [7, 11) is -2.01. The summed E-state index contributed by atoms with van der Waals surface area (Å²) in [5.41, 5.74) is 2.40. The van der Waals surface area contributed by atoms with Gasteiger partial charge in [0, 0.05) is 13.1 Å². The van der Waals surface area contributed by atoms with Crippen molar-refractivity contribution >= 4 is 26.5 Å². The molecule has 0 radical (unpaired) electrons. The molecule has 22 heavy (non-hydrogen) atoms. The number of aromatic nitrogens is 1. The zero-order valence-corrected chi connectivity index (χ0v) is 13.8. The minimum Gasteiger partial charge on any atom is -0.496 e. The van der Waals surface area contributed by atoms with Crippen molar-refractivity contribution in [2.24, 2.45) is 5.14 Å². The Bertz CT molecular complexity index is 786. The number of nitrogens with two attached hydrogens (primary N) is 1. The van der Waals surface area contributed by atoms with E-state index in [0.717, 1.165) is 36.5 Å². The van der Waals surface area contributed by atoms with Gasteiger partial charge in [0.05, 0.1) is 13.3 Å². The van der Waals surface area contributed by atoms with Crippen molar-refractivity contribution in [1.29, 1.82) is 0 Å². The lowest BCUT2D eigenvalue weighted by molar-refractivity contribution is 0.409. The second-order valence-corrected chi connectivity index (χ2v) is 7.93. The third-order valence-electron chi connectivity index (χ3n) is 3.69. The largest absolute Gasteiger partial charge is 0.496 e. The summed E-state index contributed by atoms with van der Waals surface area (Å²) in [6, 6.07) is 6.01. The molecule has 118 valence electrons. The van der Waals surface area contributed by atoms with Crippen LogP contribution in [0.1, 0.15) is 17.5 Å². The number of nitrogens with zero attached hydrogens (tertiary/aromatic N) is 2. The van der Waals surface area contributed by atoms with Gasteiger partial charge in [-0.05, 0) is 30.0 Å². The van der Waals surface area contributed by atoms with Crippen LogP contribution in [0, 0.1) is 0 Å². The first-order valence-electron chi connectivity index (χ1n) is 6.87. The van der Waals surface area contributed by atoms with E-state index in [2.05, 4.69) is 16.0 Å². The molecular formula is C14H17N3O3S2. The molecule has 0 amide bonds. The SMILES string of the molecule is COc1cccc2c1CCCN(c1ncc(S(N)(=O)=O)s1)C2. The molecule has 0 spiro atoms. The van der Waals surface area contributed by atoms with Gasteiger partial charge in [0.15, 0.2) is 9.34 Å². The number of rotatable bonds is 3. The van der Waals surface area contributed by atoms with Crippen LogP contribution in [0.3, 0.4) is 0 Å². The minimum absolute atomic E-state index is 0.0950. The Morgan fingerprint density at radius 2 is 2.23 bits per heavy atom. The summed E-state index contributed by atoms with van der Waals surface area (Å²) in [6.07, 6.45) is 3.22. The summed E-state index contributed by atoms with van der Waals surface area (Å²) in [4.78, 5) is 6.31. The standard InChI is InChI=1S/C14H17N3O3S2/c1-20-12-6-2-4-10-9-17(7-3-5-11(10)12)14-16-8-13(21-14)22(15,18)19/h2,4,6,8H,3,5,7,9H2,1H3,(H2,15,18,19). The van der Waals surface area contributed by atoms with E-state index >= 15 is 0 Å². The van der Waals surface area contributed by atoms with Crippen LogP contribution in [-0.4, -0.2) is 27.1 Å². The van der Waals surface area contributed by atoms with E-state index in [1.54, 1.807) is 7.11 Å². The molecule has 1 aliphatic rings. The Hall–Kier alpha value is -1.64. The first-order chi connectivity index (χ1) is 10.5. The topological polar surface area (TPSA) is 85.5 Å². The van der Waals surface area contributed by atoms with Crippen LogP contribution in [-0.2, 0) is 23.0 Å². The molecule has 0 bridgehead atoms.